The van der Waals surface area contributed by atoms with E-state index < -0.39 is 0 Å². The zero-order chi connectivity index (χ0) is 15.7. The van der Waals surface area contributed by atoms with Gasteiger partial charge in [-0.3, -0.25) is 4.79 Å². The number of nitrogens with zero attached hydrogens (tertiary/aromatic N) is 1. The minimum atomic E-state index is 0.0590. The minimum absolute atomic E-state index is 0.0590. The first-order valence-electron chi connectivity index (χ1n) is 7.14. The number of fused-ring (bicyclic) bond motifs is 7. The fourth-order valence-electron chi connectivity index (χ4n) is 3.34. The van der Waals surface area contributed by atoms with Gasteiger partial charge in [-0.1, -0.05) is 37.9 Å². The Balaban J connectivity index is 1.93. The third-order valence-electron chi connectivity index (χ3n) is 4.35. The van der Waals surface area contributed by atoms with Crippen molar-refractivity contribution in [1.82, 2.24) is 4.98 Å². The molecule has 3 nitrogen and oxygen atoms in total. The third kappa shape index (κ3) is 1.75. The van der Waals surface area contributed by atoms with Crippen LogP contribution in [-0.2, 0) is 0 Å². The molecule has 0 bridgehead atoms. The maximum atomic E-state index is 12.9. The van der Waals surface area contributed by atoms with Crippen LogP contribution in [-0.4, -0.2) is 10.8 Å². The van der Waals surface area contributed by atoms with Gasteiger partial charge in [-0.2, -0.15) is 4.57 Å². The van der Waals surface area contributed by atoms with Crippen molar-refractivity contribution < 1.29 is 9.36 Å². The lowest BCUT2D eigenvalue weighted by Gasteiger charge is -1.95. The minimum Gasteiger partial charge on any atom is -0.349 e. The SMILES string of the molecule is O=C1c2ccc(Br)cc2-[n+]2ccc3c([nH]c4cc(Br)ccc43)c21. The van der Waals surface area contributed by atoms with Crippen molar-refractivity contribution in [2.24, 2.45) is 0 Å². The van der Waals surface area contributed by atoms with Crippen molar-refractivity contribution in [2.45, 2.75) is 0 Å². The number of ketones is 1. The zero-order valence-electron chi connectivity index (χ0n) is 11.7. The summed E-state index contributed by atoms with van der Waals surface area (Å²) in [4.78, 5) is 16.3. The number of rotatable bonds is 0. The van der Waals surface area contributed by atoms with E-state index in [4.69, 9.17) is 0 Å². The quantitative estimate of drug-likeness (QED) is 0.357. The van der Waals surface area contributed by atoms with Gasteiger partial charge in [0.05, 0.1) is 0 Å². The summed E-state index contributed by atoms with van der Waals surface area (Å²) in [5.74, 6) is 0.0590. The molecule has 5 heteroatoms. The number of carbonyl (C=O) groups is 1. The summed E-state index contributed by atoms with van der Waals surface area (Å²) in [6.45, 7) is 0. The van der Waals surface area contributed by atoms with Crippen LogP contribution in [0.3, 0.4) is 0 Å². The first kappa shape index (κ1) is 13.5. The number of benzene rings is 2. The maximum Gasteiger partial charge on any atom is 0.284 e. The molecule has 110 valence electrons. The van der Waals surface area contributed by atoms with E-state index in [2.05, 4.69) is 49.0 Å². The molecule has 0 fully saturated rings. The molecule has 2 aromatic carbocycles. The van der Waals surface area contributed by atoms with Crippen LogP contribution in [0.15, 0.2) is 57.6 Å². The second-order valence-corrected chi connectivity index (χ2v) is 7.46. The molecular weight excluding hydrogens is 420 g/mol. The lowest BCUT2D eigenvalue weighted by molar-refractivity contribution is -0.592. The molecule has 0 amide bonds. The van der Waals surface area contributed by atoms with E-state index >= 15 is 0 Å². The molecule has 0 unspecified atom stereocenters. The standard InChI is InChI=1S/C18H8Br2N2O/c19-9-1-3-11-12-5-6-22-15-8-10(20)2-4-13(15)18(23)17(22)16(12)21-14(11)7-9/h1-8H/p+1. The predicted molar refractivity (Wildman–Crippen MR) is 96.2 cm³/mol. The Bertz CT molecular complexity index is 1160. The van der Waals surface area contributed by atoms with Gasteiger partial charge in [0, 0.05) is 37.4 Å². The van der Waals surface area contributed by atoms with Crippen molar-refractivity contribution in [3.05, 3.63) is 68.9 Å². The highest BCUT2D eigenvalue weighted by Crippen LogP contribution is 2.32. The van der Waals surface area contributed by atoms with Crippen molar-refractivity contribution in [3.8, 4) is 5.69 Å². The first-order valence-corrected chi connectivity index (χ1v) is 8.72. The van der Waals surface area contributed by atoms with E-state index in [-0.39, 0.29) is 5.78 Å². The summed E-state index contributed by atoms with van der Waals surface area (Å²) in [5, 5.41) is 2.19. The molecule has 1 aliphatic rings. The van der Waals surface area contributed by atoms with Crippen LogP contribution < -0.4 is 4.57 Å². The second-order valence-electron chi connectivity index (χ2n) is 5.63. The fourth-order valence-corrected chi connectivity index (χ4v) is 4.05. The Labute approximate surface area is 148 Å². The first-order chi connectivity index (χ1) is 11.1. The molecule has 3 heterocycles. The summed E-state index contributed by atoms with van der Waals surface area (Å²) in [5.41, 5.74) is 4.26. The van der Waals surface area contributed by atoms with Crippen molar-refractivity contribution >= 4 is 59.4 Å². The molecule has 1 N–H and O–H groups in total. The average Bonchev–Trinajstić information content (AvgIpc) is 3.02. The van der Waals surface area contributed by atoms with Gasteiger partial charge < -0.3 is 4.98 Å². The van der Waals surface area contributed by atoms with Crippen molar-refractivity contribution in [3.63, 3.8) is 0 Å². The largest absolute Gasteiger partial charge is 0.349 e. The molecule has 2 aromatic heterocycles. The molecule has 0 aliphatic carbocycles. The molecule has 5 rings (SSSR count). The molecule has 0 saturated heterocycles. The molecule has 1 aliphatic heterocycles. The van der Waals surface area contributed by atoms with E-state index in [9.17, 15) is 4.79 Å². The number of halogens is 2. The summed E-state index contributed by atoms with van der Waals surface area (Å²) < 4.78 is 3.94. The van der Waals surface area contributed by atoms with Gasteiger partial charge in [0.15, 0.2) is 6.20 Å². The summed E-state index contributed by atoms with van der Waals surface area (Å²) in [6.07, 6.45) is 1.98. The van der Waals surface area contributed by atoms with E-state index in [1.165, 1.54) is 0 Å². The van der Waals surface area contributed by atoms with Gasteiger partial charge in [-0.05, 0) is 24.3 Å². The zero-order valence-corrected chi connectivity index (χ0v) is 14.9. The number of nitrogens with one attached hydrogen (secondary N) is 1. The lowest BCUT2D eigenvalue weighted by Crippen LogP contribution is -2.32. The number of hydrogen-bond donors (Lipinski definition) is 1. The van der Waals surface area contributed by atoms with Gasteiger partial charge in [0.2, 0.25) is 5.69 Å². The highest BCUT2D eigenvalue weighted by Gasteiger charge is 2.38. The molecular formula is C18H9Br2N2O+. The molecule has 4 aromatic rings. The van der Waals surface area contributed by atoms with Crippen LogP contribution in [0.25, 0.3) is 27.5 Å². The Morgan fingerprint density at radius 1 is 0.913 bits per heavy atom. The summed E-state index contributed by atoms with van der Waals surface area (Å²) >= 11 is 6.98. The third-order valence-corrected chi connectivity index (χ3v) is 5.33. The molecule has 0 saturated carbocycles. The van der Waals surface area contributed by atoms with E-state index in [1.54, 1.807) is 0 Å². The van der Waals surface area contributed by atoms with Crippen LogP contribution in [0.1, 0.15) is 16.1 Å². The number of pyridine rings is 1. The van der Waals surface area contributed by atoms with Gasteiger partial charge in [-0.15, -0.1) is 0 Å². The molecule has 0 atom stereocenters. The number of H-pyrrole nitrogens is 1. The number of aromatic nitrogens is 2. The lowest BCUT2D eigenvalue weighted by atomic mass is 10.1. The second kappa shape index (κ2) is 4.52. The smallest absolute Gasteiger partial charge is 0.284 e. The topological polar surface area (TPSA) is 36.7 Å². The number of aromatic amines is 1. The monoisotopic (exact) mass is 427 g/mol. The van der Waals surface area contributed by atoms with Gasteiger partial charge >= 0.3 is 0 Å². The van der Waals surface area contributed by atoms with Crippen molar-refractivity contribution in [1.29, 1.82) is 0 Å². The van der Waals surface area contributed by atoms with Gasteiger partial charge in [0.25, 0.3) is 11.5 Å². The Kier molecular flexibility index (Phi) is 2.65. The van der Waals surface area contributed by atoms with Crippen LogP contribution in [0.4, 0.5) is 0 Å². The Morgan fingerprint density at radius 2 is 1.70 bits per heavy atom. The fraction of sp³-hybridized carbons (Fsp3) is 0. The van der Waals surface area contributed by atoms with Gasteiger partial charge in [0.1, 0.15) is 11.1 Å². The molecule has 23 heavy (non-hydrogen) atoms. The van der Waals surface area contributed by atoms with Crippen LogP contribution in [0.5, 0.6) is 0 Å². The maximum absolute atomic E-state index is 12.9. The normalized spacial score (nSPS) is 12.9. The summed E-state index contributed by atoms with van der Waals surface area (Å²) in [7, 11) is 0. The van der Waals surface area contributed by atoms with E-state index in [0.717, 1.165) is 42.0 Å². The number of carbonyl (C=O) groups excluding carboxylic acids is 1. The van der Waals surface area contributed by atoms with Crippen LogP contribution in [0, 0.1) is 0 Å². The van der Waals surface area contributed by atoms with Gasteiger partial charge in [-0.25, -0.2) is 0 Å². The summed E-state index contributed by atoms with van der Waals surface area (Å²) in [6, 6.07) is 13.9. The number of hydrogen-bond acceptors (Lipinski definition) is 1. The van der Waals surface area contributed by atoms with E-state index in [1.807, 2.05) is 41.1 Å². The molecule has 0 spiro atoms. The Morgan fingerprint density at radius 3 is 2.57 bits per heavy atom. The van der Waals surface area contributed by atoms with Crippen molar-refractivity contribution in [2.75, 3.05) is 0 Å². The van der Waals surface area contributed by atoms with Crippen LogP contribution >= 0.6 is 31.9 Å². The molecule has 0 radical (unpaired) electrons. The Hall–Kier alpha value is -1.98. The predicted octanol–water partition coefficient (Wildman–Crippen LogP) is 4.67. The average molecular weight is 429 g/mol. The van der Waals surface area contributed by atoms with Crippen LogP contribution in [0.2, 0.25) is 0 Å². The highest BCUT2D eigenvalue weighted by atomic mass is 79.9. The highest BCUT2D eigenvalue weighted by molar-refractivity contribution is 9.10. The van der Waals surface area contributed by atoms with E-state index in [0.29, 0.717) is 5.69 Å².